The number of fused-ring (bicyclic) bond motifs is 1. The molecular formula is C30H27FN2O4. The molecule has 3 aromatic rings. The number of halogens is 1. The molecule has 7 heteroatoms. The highest BCUT2D eigenvalue weighted by molar-refractivity contribution is 6.51. The second-order valence-corrected chi connectivity index (χ2v) is 9.89. The Morgan fingerprint density at radius 2 is 1.62 bits per heavy atom. The van der Waals surface area contributed by atoms with Crippen molar-refractivity contribution in [2.75, 3.05) is 22.9 Å². The van der Waals surface area contributed by atoms with Crippen LogP contribution >= 0.6 is 0 Å². The largest absolute Gasteiger partial charge is 0.507 e. The smallest absolute Gasteiger partial charge is 0.300 e. The Hall–Kier alpha value is -4.13. The zero-order chi connectivity index (χ0) is 25.7. The number of ketones is 1. The molecule has 3 aliphatic rings. The first kappa shape index (κ1) is 23.3. The third-order valence-corrected chi connectivity index (χ3v) is 7.40. The third-order valence-electron chi connectivity index (χ3n) is 7.40. The van der Waals surface area contributed by atoms with Gasteiger partial charge in [-0.05, 0) is 85.5 Å². The molecule has 2 saturated heterocycles. The number of carbonyl (C=O) groups is 2. The average Bonchev–Trinajstić information content (AvgIpc) is 3.62. The maximum Gasteiger partial charge on any atom is 0.300 e. The minimum absolute atomic E-state index is 0.0212. The molecule has 0 aromatic heterocycles. The summed E-state index contributed by atoms with van der Waals surface area (Å²) < 4.78 is 19.6. The lowest BCUT2D eigenvalue weighted by Crippen LogP contribution is -2.29. The number of aliphatic hydroxyl groups is 1. The fraction of sp³-hybridized carbons (Fsp3) is 0.267. The Labute approximate surface area is 214 Å². The third kappa shape index (κ3) is 4.04. The summed E-state index contributed by atoms with van der Waals surface area (Å²) in [4.78, 5) is 30.5. The standard InChI is InChI=1S/C30H27FN2O4/c1-18-16-21-17-20(6-13-25(21)37-18)28(34)26-27(19-4-7-22(31)8-5-19)33(30(36)29(26)35)24-11-9-23(10-12-24)32-14-2-3-15-32/h4-13,17-18,27,34H,2-3,14-16H2,1H3/b28-26-. The SMILES string of the molecule is CC1Cc2cc(/C(O)=C3/C(=O)C(=O)N(c4ccc(N5CCCC5)cc4)C3c3ccc(F)cc3)ccc2O1. The van der Waals surface area contributed by atoms with Crippen LogP contribution in [0.25, 0.3) is 5.76 Å². The molecule has 1 N–H and O–H groups in total. The number of rotatable bonds is 4. The zero-order valence-electron chi connectivity index (χ0n) is 20.5. The van der Waals surface area contributed by atoms with Gasteiger partial charge in [-0.15, -0.1) is 0 Å². The predicted octanol–water partition coefficient (Wildman–Crippen LogP) is 5.38. The van der Waals surface area contributed by atoms with E-state index in [0.717, 1.165) is 42.9 Å². The highest BCUT2D eigenvalue weighted by atomic mass is 19.1. The van der Waals surface area contributed by atoms with Crippen molar-refractivity contribution in [3.8, 4) is 5.75 Å². The van der Waals surface area contributed by atoms with E-state index in [9.17, 15) is 19.1 Å². The number of amides is 1. The van der Waals surface area contributed by atoms with Gasteiger partial charge in [-0.1, -0.05) is 12.1 Å². The number of Topliss-reactive ketones (excluding diaryl/α,β-unsaturated/α-hetero) is 1. The van der Waals surface area contributed by atoms with Crippen LogP contribution in [0.2, 0.25) is 0 Å². The Morgan fingerprint density at radius 1 is 0.946 bits per heavy atom. The van der Waals surface area contributed by atoms with Gasteiger partial charge in [0, 0.05) is 36.4 Å². The molecule has 3 heterocycles. The molecular weight excluding hydrogens is 471 g/mol. The molecule has 0 saturated carbocycles. The van der Waals surface area contributed by atoms with Crippen molar-refractivity contribution in [2.45, 2.75) is 38.3 Å². The van der Waals surface area contributed by atoms with Crippen LogP contribution in [-0.4, -0.2) is 36.0 Å². The van der Waals surface area contributed by atoms with E-state index >= 15 is 0 Å². The van der Waals surface area contributed by atoms with Crippen LogP contribution in [0.3, 0.4) is 0 Å². The lowest BCUT2D eigenvalue weighted by Gasteiger charge is -2.26. The summed E-state index contributed by atoms with van der Waals surface area (Å²) in [5, 5.41) is 11.4. The first-order valence-electron chi connectivity index (χ1n) is 12.6. The Balaban J connectivity index is 1.45. The lowest BCUT2D eigenvalue weighted by molar-refractivity contribution is -0.132. The average molecular weight is 499 g/mol. The molecule has 0 aliphatic carbocycles. The van der Waals surface area contributed by atoms with E-state index in [4.69, 9.17) is 4.74 Å². The summed E-state index contributed by atoms with van der Waals surface area (Å²) >= 11 is 0. The second kappa shape index (κ2) is 9.07. The second-order valence-electron chi connectivity index (χ2n) is 9.89. The molecule has 1 amide bonds. The maximum atomic E-state index is 13.8. The Kier molecular flexibility index (Phi) is 5.71. The first-order valence-corrected chi connectivity index (χ1v) is 12.6. The first-order chi connectivity index (χ1) is 17.9. The highest BCUT2D eigenvalue weighted by Gasteiger charge is 2.47. The quantitative estimate of drug-likeness (QED) is 0.297. The summed E-state index contributed by atoms with van der Waals surface area (Å²) in [5.74, 6) is -1.45. The highest BCUT2D eigenvalue weighted by Crippen LogP contribution is 2.43. The fourth-order valence-corrected chi connectivity index (χ4v) is 5.58. The van der Waals surface area contributed by atoms with Crippen molar-refractivity contribution in [2.24, 2.45) is 0 Å². The molecule has 6 rings (SSSR count). The zero-order valence-corrected chi connectivity index (χ0v) is 20.5. The van der Waals surface area contributed by atoms with Crippen LogP contribution in [0.15, 0.2) is 72.3 Å². The molecule has 6 nitrogen and oxygen atoms in total. The van der Waals surface area contributed by atoms with Gasteiger partial charge in [0.2, 0.25) is 0 Å². The van der Waals surface area contributed by atoms with Crippen molar-refractivity contribution in [3.05, 3.63) is 94.8 Å². The molecule has 2 unspecified atom stereocenters. The van der Waals surface area contributed by atoms with Crippen molar-refractivity contribution >= 4 is 28.8 Å². The Bertz CT molecular complexity index is 1410. The van der Waals surface area contributed by atoms with Crippen molar-refractivity contribution in [1.29, 1.82) is 0 Å². The number of anilines is 2. The molecule has 3 aliphatic heterocycles. The Morgan fingerprint density at radius 3 is 2.32 bits per heavy atom. The molecule has 188 valence electrons. The van der Waals surface area contributed by atoms with Crippen LogP contribution in [0.5, 0.6) is 5.75 Å². The van der Waals surface area contributed by atoms with E-state index in [1.807, 2.05) is 31.2 Å². The lowest BCUT2D eigenvalue weighted by atomic mass is 9.94. The summed E-state index contributed by atoms with van der Waals surface area (Å²) in [5.41, 5.74) is 3.48. The van der Waals surface area contributed by atoms with Crippen molar-refractivity contribution in [1.82, 2.24) is 0 Å². The molecule has 0 radical (unpaired) electrons. The molecule has 0 spiro atoms. The number of hydrogen-bond donors (Lipinski definition) is 1. The van der Waals surface area contributed by atoms with Gasteiger partial charge in [-0.3, -0.25) is 14.5 Å². The van der Waals surface area contributed by atoms with Gasteiger partial charge in [0.15, 0.2) is 0 Å². The van der Waals surface area contributed by atoms with E-state index in [0.29, 0.717) is 23.2 Å². The monoisotopic (exact) mass is 498 g/mol. The number of benzene rings is 3. The van der Waals surface area contributed by atoms with Crippen LogP contribution in [0, 0.1) is 5.82 Å². The molecule has 3 aromatic carbocycles. The van der Waals surface area contributed by atoms with Gasteiger partial charge in [0.1, 0.15) is 23.4 Å². The predicted molar refractivity (Wildman–Crippen MR) is 139 cm³/mol. The van der Waals surface area contributed by atoms with Crippen LogP contribution in [-0.2, 0) is 16.0 Å². The van der Waals surface area contributed by atoms with E-state index in [1.54, 1.807) is 30.3 Å². The minimum Gasteiger partial charge on any atom is -0.507 e. The summed E-state index contributed by atoms with van der Waals surface area (Å²) in [6.07, 6.45) is 3.01. The van der Waals surface area contributed by atoms with Gasteiger partial charge in [0.05, 0.1) is 11.6 Å². The van der Waals surface area contributed by atoms with Gasteiger partial charge in [-0.2, -0.15) is 0 Å². The normalized spacial score (nSPS) is 22.4. The molecule has 2 fully saturated rings. The molecule has 0 bridgehead atoms. The number of carbonyl (C=O) groups excluding carboxylic acids is 2. The minimum atomic E-state index is -0.901. The topological polar surface area (TPSA) is 70.1 Å². The van der Waals surface area contributed by atoms with Crippen molar-refractivity contribution in [3.63, 3.8) is 0 Å². The van der Waals surface area contributed by atoms with E-state index in [1.165, 1.54) is 17.0 Å². The summed E-state index contributed by atoms with van der Waals surface area (Å²) in [7, 11) is 0. The van der Waals surface area contributed by atoms with E-state index in [-0.39, 0.29) is 17.4 Å². The van der Waals surface area contributed by atoms with E-state index in [2.05, 4.69) is 4.90 Å². The van der Waals surface area contributed by atoms with Crippen molar-refractivity contribution < 1.29 is 23.8 Å². The number of nitrogens with zero attached hydrogens (tertiary/aromatic N) is 2. The number of hydrogen-bond acceptors (Lipinski definition) is 5. The fourth-order valence-electron chi connectivity index (χ4n) is 5.58. The van der Waals surface area contributed by atoms with Gasteiger partial charge in [-0.25, -0.2) is 4.39 Å². The molecule has 2 atom stereocenters. The number of ether oxygens (including phenoxy) is 1. The van der Waals surface area contributed by atoms with Crippen LogP contribution in [0.1, 0.15) is 42.5 Å². The maximum absolute atomic E-state index is 13.8. The molecule has 37 heavy (non-hydrogen) atoms. The van der Waals surface area contributed by atoms with Gasteiger partial charge in [0.25, 0.3) is 11.7 Å². The summed E-state index contributed by atoms with van der Waals surface area (Å²) in [6, 6.07) is 17.6. The van der Waals surface area contributed by atoms with Gasteiger partial charge < -0.3 is 14.7 Å². The van der Waals surface area contributed by atoms with Crippen LogP contribution in [0.4, 0.5) is 15.8 Å². The van der Waals surface area contributed by atoms with Gasteiger partial charge >= 0.3 is 0 Å². The number of aliphatic hydroxyl groups excluding tert-OH is 1. The summed E-state index contributed by atoms with van der Waals surface area (Å²) in [6.45, 7) is 3.95. The van der Waals surface area contributed by atoms with E-state index < -0.39 is 23.5 Å². The van der Waals surface area contributed by atoms with Crippen LogP contribution < -0.4 is 14.5 Å².